The zero-order chi connectivity index (χ0) is 11.1. The normalized spacial score (nSPS) is 21.5. The summed E-state index contributed by atoms with van der Waals surface area (Å²) in [6.07, 6.45) is 2.57. The number of methoxy groups -OCH3 is 1. The second-order valence-corrected chi connectivity index (χ2v) is 5.53. The van der Waals surface area contributed by atoms with Crippen molar-refractivity contribution < 1.29 is 9.84 Å². The summed E-state index contributed by atoms with van der Waals surface area (Å²) in [5.74, 6) is 0. The third-order valence-electron chi connectivity index (χ3n) is 2.95. The van der Waals surface area contributed by atoms with Crippen LogP contribution in [0, 0.1) is 0 Å². The fourth-order valence-electron chi connectivity index (χ4n) is 1.74. The molecule has 0 aromatic carbocycles. The van der Waals surface area contributed by atoms with Crippen LogP contribution in [0.3, 0.4) is 0 Å². The molecular weight excluding hydrogens is 210 g/mol. The summed E-state index contributed by atoms with van der Waals surface area (Å²) in [4.78, 5) is 5.75. The largest absolute Gasteiger partial charge is 0.387 e. The summed E-state index contributed by atoms with van der Waals surface area (Å²) < 4.78 is 5.40. The number of aromatic nitrogens is 1. The average molecular weight is 227 g/mol. The lowest BCUT2D eigenvalue weighted by Crippen LogP contribution is -2.19. The van der Waals surface area contributed by atoms with E-state index in [1.165, 1.54) is 4.88 Å². The van der Waals surface area contributed by atoms with Gasteiger partial charge in [-0.3, -0.25) is 0 Å². The molecule has 1 unspecified atom stereocenters. The van der Waals surface area contributed by atoms with Crippen LogP contribution in [-0.2, 0) is 16.8 Å². The Balaban J connectivity index is 2.37. The molecule has 1 N–H and O–H groups in total. The van der Waals surface area contributed by atoms with Crippen LogP contribution in [0.25, 0.3) is 0 Å². The van der Waals surface area contributed by atoms with E-state index in [1.807, 2.05) is 13.8 Å². The van der Waals surface area contributed by atoms with E-state index < -0.39 is 0 Å². The van der Waals surface area contributed by atoms with E-state index in [1.54, 1.807) is 18.4 Å². The smallest absolute Gasteiger partial charge is 0.125 e. The molecule has 84 valence electrons. The first-order valence-corrected chi connectivity index (χ1v) is 6.09. The van der Waals surface area contributed by atoms with E-state index in [4.69, 9.17) is 4.74 Å². The van der Waals surface area contributed by atoms with E-state index in [0.29, 0.717) is 0 Å². The molecule has 0 radical (unpaired) electrons. The van der Waals surface area contributed by atoms with Crippen molar-refractivity contribution in [1.29, 1.82) is 0 Å². The van der Waals surface area contributed by atoms with E-state index in [-0.39, 0.29) is 11.7 Å². The number of ether oxygens (including phenoxy) is 1. The number of thiazole rings is 1. The number of hydrogen-bond donors (Lipinski definition) is 1. The SMILES string of the molecule is COC(C)(C)c1nc2c(s1)CCCC2O. The van der Waals surface area contributed by atoms with Crippen molar-refractivity contribution in [1.82, 2.24) is 4.98 Å². The maximum atomic E-state index is 9.82. The standard InChI is InChI=1S/C11H17NO2S/c1-11(2,14-3)10-12-9-7(13)5-4-6-8(9)15-10/h7,13H,4-6H2,1-3H3. The summed E-state index contributed by atoms with van der Waals surface area (Å²) in [7, 11) is 1.69. The Morgan fingerprint density at radius 2 is 2.27 bits per heavy atom. The third-order valence-corrected chi connectivity index (χ3v) is 4.39. The van der Waals surface area contributed by atoms with Gasteiger partial charge in [0, 0.05) is 12.0 Å². The number of nitrogens with zero attached hydrogens (tertiary/aromatic N) is 1. The molecule has 0 spiro atoms. The van der Waals surface area contributed by atoms with Crippen molar-refractivity contribution in [3.05, 3.63) is 15.6 Å². The van der Waals surface area contributed by atoms with Gasteiger partial charge in [0.25, 0.3) is 0 Å². The van der Waals surface area contributed by atoms with Crippen molar-refractivity contribution in [3.63, 3.8) is 0 Å². The number of aliphatic hydroxyl groups is 1. The molecule has 15 heavy (non-hydrogen) atoms. The van der Waals surface area contributed by atoms with Crippen LogP contribution in [0.5, 0.6) is 0 Å². The summed E-state index contributed by atoms with van der Waals surface area (Å²) in [5.41, 5.74) is 0.535. The second-order valence-electron chi connectivity index (χ2n) is 4.45. The summed E-state index contributed by atoms with van der Waals surface area (Å²) in [6, 6.07) is 0. The van der Waals surface area contributed by atoms with Crippen molar-refractivity contribution in [2.24, 2.45) is 0 Å². The molecule has 1 aliphatic rings. The Kier molecular flexibility index (Phi) is 2.83. The first-order chi connectivity index (χ1) is 7.04. The van der Waals surface area contributed by atoms with E-state index >= 15 is 0 Å². The van der Waals surface area contributed by atoms with Gasteiger partial charge in [0.1, 0.15) is 10.6 Å². The minimum absolute atomic E-state index is 0.346. The van der Waals surface area contributed by atoms with Crippen LogP contribution < -0.4 is 0 Å². The molecule has 0 fully saturated rings. The lowest BCUT2D eigenvalue weighted by atomic mass is 10.0. The Hall–Kier alpha value is -0.450. The molecular formula is C11H17NO2S. The molecule has 2 rings (SSSR count). The van der Waals surface area contributed by atoms with Gasteiger partial charge in [-0.15, -0.1) is 11.3 Å². The first kappa shape index (κ1) is 11.0. The van der Waals surface area contributed by atoms with Crippen LogP contribution in [0.1, 0.15) is 48.4 Å². The minimum Gasteiger partial charge on any atom is -0.387 e. The van der Waals surface area contributed by atoms with Gasteiger partial charge in [0.2, 0.25) is 0 Å². The molecule has 0 bridgehead atoms. The van der Waals surface area contributed by atoms with Crippen LogP contribution in [0.15, 0.2) is 0 Å². The quantitative estimate of drug-likeness (QED) is 0.843. The second kappa shape index (κ2) is 3.85. The van der Waals surface area contributed by atoms with E-state index in [9.17, 15) is 5.11 Å². The van der Waals surface area contributed by atoms with Crippen LogP contribution in [0.2, 0.25) is 0 Å². The van der Waals surface area contributed by atoms with Crippen LogP contribution >= 0.6 is 11.3 Å². The van der Waals surface area contributed by atoms with Gasteiger partial charge in [-0.1, -0.05) is 0 Å². The molecule has 0 aliphatic heterocycles. The zero-order valence-electron chi connectivity index (χ0n) is 9.41. The molecule has 0 saturated carbocycles. The van der Waals surface area contributed by atoms with E-state index in [0.717, 1.165) is 30.0 Å². The number of fused-ring (bicyclic) bond motifs is 1. The van der Waals surface area contributed by atoms with Gasteiger partial charge in [-0.25, -0.2) is 4.98 Å². The number of aryl methyl sites for hydroxylation is 1. The molecule has 3 nitrogen and oxygen atoms in total. The van der Waals surface area contributed by atoms with Gasteiger partial charge >= 0.3 is 0 Å². The Labute approximate surface area is 94.1 Å². The summed E-state index contributed by atoms with van der Waals surface area (Å²) in [5, 5.41) is 10.8. The molecule has 1 aromatic rings. The van der Waals surface area contributed by atoms with Gasteiger partial charge in [-0.2, -0.15) is 0 Å². The van der Waals surface area contributed by atoms with Gasteiger partial charge in [0.15, 0.2) is 0 Å². The highest BCUT2D eigenvalue weighted by atomic mass is 32.1. The highest BCUT2D eigenvalue weighted by molar-refractivity contribution is 7.11. The van der Waals surface area contributed by atoms with Gasteiger partial charge < -0.3 is 9.84 Å². The summed E-state index contributed by atoms with van der Waals surface area (Å²) in [6.45, 7) is 4.01. The lowest BCUT2D eigenvalue weighted by molar-refractivity contribution is 0.0186. The fraction of sp³-hybridized carbons (Fsp3) is 0.727. The van der Waals surface area contributed by atoms with Crippen molar-refractivity contribution >= 4 is 11.3 Å². The van der Waals surface area contributed by atoms with E-state index in [2.05, 4.69) is 4.98 Å². The number of aliphatic hydroxyl groups excluding tert-OH is 1. The predicted octanol–water partition coefficient (Wildman–Crippen LogP) is 2.39. The predicted molar refractivity (Wildman–Crippen MR) is 60.0 cm³/mol. The Morgan fingerprint density at radius 3 is 2.87 bits per heavy atom. The molecule has 1 atom stereocenters. The average Bonchev–Trinajstić information content (AvgIpc) is 2.64. The zero-order valence-corrected chi connectivity index (χ0v) is 10.2. The molecule has 1 aliphatic carbocycles. The molecule has 1 heterocycles. The molecule has 0 saturated heterocycles. The molecule has 1 aromatic heterocycles. The van der Waals surface area contributed by atoms with Crippen molar-refractivity contribution in [2.75, 3.05) is 7.11 Å². The van der Waals surface area contributed by atoms with Crippen molar-refractivity contribution in [2.45, 2.75) is 44.8 Å². The molecule has 0 amide bonds. The number of hydrogen-bond acceptors (Lipinski definition) is 4. The monoisotopic (exact) mass is 227 g/mol. The van der Waals surface area contributed by atoms with Gasteiger partial charge in [-0.05, 0) is 33.1 Å². The third kappa shape index (κ3) is 1.94. The van der Waals surface area contributed by atoms with Crippen molar-refractivity contribution in [3.8, 4) is 0 Å². The number of rotatable bonds is 2. The maximum Gasteiger partial charge on any atom is 0.125 e. The van der Waals surface area contributed by atoms with Gasteiger partial charge in [0.05, 0.1) is 11.8 Å². The Morgan fingerprint density at radius 1 is 1.53 bits per heavy atom. The molecule has 4 heteroatoms. The Bertz CT molecular complexity index is 359. The van der Waals surface area contributed by atoms with Crippen LogP contribution in [0.4, 0.5) is 0 Å². The highest BCUT2D eigenvalue weighted by Crippen LogP contribution is 2.37. The first-order valence-electron chi connectivity index (χ1n) is 5.28. The maximum absolute atomic E-state index is 9.82. The highest BCUT2D eigenvalue weighted by Gasteiger charge is 2.29. The lowest BCUT2D eigenvalue weighted by Gasteiger charge is -2.19. The fourth-order valence-corrected chi connectivity index (χ4v) is 2.98. The topological polar surface area (TPSA) is 42.4 Å². The minimum atomic E-state index is -0.369. The van der Waals surface area contributed by atoms with Crippen LogP contribution in [-0.4, -0.2) is 17.2 Å². The summed E-state index contributed by atoms with van der Waals surface area (Å²) >= 11 is 1.67.